The Kier molecular flexibility index (Phi) is 4.29. The van der Waals surface area contributed by atoms with Gasteiger partial charge in [-0.3, -0.25) is 9.59 Å². The number of Topliss-reactive ketones (excluding diaryl/α,β-unsaturated/α-hetero) is 1. The van der Waals surface area contributed by atoms with Crippen molar-refractivity contribution in [1.29, 1.82) is 0 Å². The Morgan fingerprint density at radius 3 is 2.52 bits per heavy atom. The van der Waals surface area contributed by atoms with Crippen LogP contribution in [0.4, 0.5) is 0 Å². The van der Waals surface area contributed by atoms with Crippen LogP contribution in [-0.2, 0) is 4.79 Å². The fraction of sp³-hybridized carbons (Fsp3) is 0.529. The molecule has 4 heteroatoms. The highest BCUT2D eigenvalue weighted by Gasteiger charge is 2.40. The van der Waals surface area contributed by atoms with Crippen molar-refractivity contribution in [2.45, 2.75) is 32.1 Å². The summed E-state index contributed by atoms with van der Waals surface area (Å²) in [6.07, 6.45) is 5.71. The van der Waals surface area contributed by atoms with Gasteiger partial charge < -0.3 is 5.32 Å². The summed E-state index contributed by atoms with van der Waals surface area (Å²) in [5.74, 6) is 2.06. The number of rotatable bonds is 5. The van der Waals surface area contributed by atoms with Crippen molar-refractivity contribution < 1.29 is 9.59 Å². The average Bonchev–Trinajstić information content (AvgIpc) is 3.08. The molecule has 3 atom stereocenters. The van der Waals surface area contributed by atoms with Crippen LogP contribution in [0.15, 0.2) is 24.3 Å². The van der Waals surface area contributed by atoms with E-state index in [2.05, 4.69) is 5.32 Å². The molecular weight excluding hydrogens is 286 g/mol. The molecule has 3 rings (SSSR count). The predicted octanol–water partition coefficient (Wildman–Crippen LogP) is 3.47. The lowest BCUT2D eigenvalue weighted by molar-refractivity contribution is -0.122. The van der Waals surface area contributed by atoms with Gasteiger partial charge in [-0.1, -0.05) is 18.0 Å². The molecule has 2 fully saturated rings. The quantitative estimate of drug-likeness (QED) is 0.847. The number of fused-ring (bicyclic) bond motifs is 2. The smallest absolute Gasteiger partial charge is 0.220 e. The SMILES string of the molecule is O=C(CC1CC2CCC1C2)NCC(=O)c1ccc(Cl)cc1. The molecule has 0 heterocycles. The largest absolute Gasteiger partial charge is 0.349 e. The normalized spacial score (nSPS) is 26.8. The lowest BCUT2D eigenvalue weighted by Crippen LogP contribution is -2.31. The van der Waals surface area contributed by atoms with Gasteiger partial charge in [-0.15, -0.1) is 0 Å². The number of hydrogen-bond acceptors (Lipinski definition) is 2. The second-order valence-electron chi connectivity index (χ2n) is 6.35. The van der Waals surface area contributed by atoms with E-state index >= 15 is 0 Å². The van der Waals surface area contributed by atoms with E-state index in [-0.39, 0.29) is 18.2 Å². The molecule has 0 radical (unpaired) electrons. The molecule has 0 aliphatic heterocycles. The fourth-order valence-corrected chi connectivity index (χ4v) is 3.98. The fourth-order valence-electron chi connectivity index (χ4n) is 3.85. The van der Waals surface area contributed by atoms with Gasteiger partial charge in [0.05, 0.1) is 6.54 Å². The number of carbonyl (C=O) groups excluding carboxylic acids is 2. The van der Waals surface area contributed by atoms with Gasteiger partial charge in [0.1, 0.15) is 0 Å². The minimum absolute atomic E-state index is 0.00913. The Morgan fingerprint density at radius 1 is 1.14 bits per heavy atom. The molecule has 1 N–H and O–H groups in total. The molecule has 1 aromatic carbocycles. The van der Waals surface area contributed by atoms with Gasteiger partial charge in [-0.05, 0) is 61.3 Å². The van der Waals surface area contributed by atoms with E-state index in [9.17, 15) is 9.59 Å². The number of amides is 1. The summed E-state index contributed by atoms with van der Waals surface area (Å²) in [4.78, 5) is 23.9. The number of hydrogen-bond donors (Lipinski definition) is 1. The molecule has 3 nitrogen and oxygen atoms in total. The van der Waals surface area contributed by atoms with Gasteiger partial charge >= 0.3 is 0 Å². The van der Waals surface area contributed by atoms with Crippen molar-refractivity contribution >= 4 is 23.3 Å². The summed E-state index contributed by atoms with van der Waals surface area (Å²) in [5, 5.41) is 3.36. The zero-order valence-electron chi connectivity index (χ0n) is 12.0. The Labute approximate surface area is 130 Å². The zero-order chi connectivity index (χ0) is 14.8. The Morgan fingerprint density at radius 2 is 1.90 bits per heavy atom. The van der Waals surface area contributed by atoms with Crippen LogP contribution in [-0.4, -0.2) is 18.2 Å². The van der Waals surface area contributed by atoms with Crippen molar-refractivity contribution in [2.24, 2.45) is 17.8 Å². The van der Waals surface area contributed by atoms with Crippen LogP contribution in [0.2, 0.25) is 5.02 Å². The van der Waals surface area contributed by atoms with E-state index in [1.54, 1.807) is 24.3 Å². The minimum Gasteiger partial charge on any atom is -0.349 e. The molecule has 3 unspecified atom stereocenters. The zero-order valence-corrected chi connectivity index (χ0v) is 12.7. The summed E-state index contributed by atoms with van der Waals surface area (Å²) in [6, 6.07) is 6.75. The molecule has 1 amide bonds. The van der Waals surface area contributed by atoms with Crippen molar-refractivity contribution in [3.05, 3.63) is 34.9 Å². The Balaban J connectivity index is 1.45. The minimum atomic E-state index is -0.0760. The monoisotopic (exact) mass is 305 g/mol. The molecule has 0 saturated heterocycles. The van der Waals surface area contributed by atoms with Gasteiger partial charge in [0.25, 0.3) is 0 Å². The van der Waals surface area contributed by atoms with E-state index < -0.39 is 0 Å². The summed E-state index contributed by atoms with van der Waals surface area (Å²) < 4.78 is 0. The standard InChI is InChI=1S/C17H20ClNO2/c18-15-5-3-12(4-6-15)16(20)10-19-17(21)9-14-8-11-1-2-13(14)7-11/h3-6,11,13-14H,1-2,7-10H2,(H,19,21). The summed E-state index contributed by atoms with van der Waals surface area (Å²) in [7, 11) is 0. The highest BCUT2D eigenvalue weighted by atomic mass is 35.5. The van der Waals surface area contributed by atoms with Crippen LogP contribution in [0.25, 0.3) is 0 Å². The average molecular weight is 306 g/mol. The van der Waals surface area contributed by atoms with E-state index in [1.807, 2.05) is 0 Å². The van der Waals surface area contributed by atoms with Gasteiger partial charge in [-0.25, -0.2) is 0 Å². The number of benzene rings is 1. The maximum Gasteiger partial charge on any atom is 0.220 e. The van der Waals surface area contributed by atoms with E-state index in [1.165, 1.54) is 25.7 Å². The lowest BCUT2D eigenvalue weighted by Gasteiger charge is -2.20. The first-order valence-corrected chi connectivity index (χ1v) is 8.05. The van der Waals surface area contributed by atoms with Crippen molar-refractivity contribution in [3.8, 4) is 0 Å². The van der Waals surface area contributed by atoms with E-state index in [0.29, 0.717) is 22.9 Å². The van der Waals surface area contributed by atoms with Crippen LogP contribution in [0.5, 0.6) is 0 Å². The summed E-state index contributed by atoms with van der Waals surface area (Å²) >= 11 is 5.79. The molecular formula is C17H20ClNO2. The molecule has 2 aliphatic carbocycles. The molecule has 2 saturated carbocycles. The van der Waals surface area contributed by atoms with Gasteiger partial charge in [0, 0.05) is 17.0 Å². The molecule has 112 valence electrons. The number of carbonyl (C=O) groups is 2. The van der Waals surface area contributed by atoms with Gasteiger partial charge in [0.2, 0.25) is 5.91 Å². The van der Waals surface area contributed by atoms with Crippen molar-refractivity contribution in [3.63, 3.8) is 0 Å². The number of halogens is 1. The second kappa shape index (κ2) is 6.18. The molecule has 0 aromatic heterocycles. The van der Waals surface area contributed by atoms with Crippen LogP contribution in [0.1, 0.15) is 42.5 Å². The van der Waals surface area contributed by atoms with Gasteiger partial charge in [-0.2, -0.15) is 0 Å². The Bertz CT molecular complexity index is 540. The van der Waals surface area contributed by atoms with Crippen LogP contribution in [0.3, 0.4) is 0 Å². The highest BCUT2D eigenvalue weighted by molar-refractivity contribution is 6.30. The van der Waals surface area contributed by atoms with E-state index in [0.717, 1.165) is 11.8 Å². The first kappa shape index (κ1) is 14.6. The Hall–Kier alpha value is -1.35. The van der Waals surface area contributed by atoms with Gasteiger partial charge in [0.15, 0.2) is 5.78 Å². The topological polar surface area (TPSA) is 46.2 Å². The third-order valence-corrected chi connectivity index (χ3v) is 5.20. The lowest BCUT2D eigenvalue weighted by atomic mass is 9.86. The third-order valence-electron chi connectivity index (χ3n) is 4.94. The van der Waals surface area contributed by atoms with Crippen LogP contribution in [0, 0.1) is 17.8 Å². The molecule has 2 aliphatic rings. The van der Waals surface area contributed by atoms with Crippen LogP contribution >= 0.6 is 11.6 Å². The van der Waals surface area contributed by atoms with Crippen molar-refractivity contribution in [2.75, 3.05) is 6.54 Å². The maximum atomic E-state index is 12.0. The predicted molar refractivity (Wildman–Crippen MR) is 82.3 cm³/mol. The highest BCUT2D eigenvalue weighted by Crippen LogP contribution is 2.49. The summed E-state index contributed by atoms with van der Waals surface area (Å²) in [5.41, 5.74) is 0.583. The second-order valence-corrected chi connectivity index (χ2v) is 6.78. The first-order chi connectivity index (χ1) is 10.1. The summed E-state index contributed by atoms with van der Waals surface area (Å²) in [6.45, 7) is 0.0707. The number of ketones is 1. The molecule has 0 spiro atoms. The van der Waals surface area contributed by atoms with Crippen molar-refractivity contribution in [1.82, 2.24) is 5.32 Å². The molecule has 2 bridgehead atoms. The number of nitrogens with one attached hydrogen (secondary N) is 1. The first-order valence-electron chi connectivity index (χ1n) is 7.67. The van der Waals surface area contributed by atoms with Crippen LogP contribution < -0.4 is 5.32 Å². The molecule has 21 heavy (non-hydrogen) atoms. The molecule has 1 aromatic rings. The maximum absolute atomic E-state index is 12.0. The van der Waals surface area contributed by atoms with E-state index in [4.69, 9.17) is 11.6 Å². The third kappa shape index (κ3) is 3.46.